The second kappa shape index (κ2) is 10.1. The number of aryl methyl sites for hydroxylation is 1. The number of hydrogen-bond donors (Lipinski definition) is 1. The van der Waals surface area contributed by atoms with Gasteiger partial charge in [0.25, 0.3) is 5.56 Å². The van der Waals surface area contributed by atoms with Crippen LogP contribution in [0.5, 0.6) is 0 Å². The van der Waals surface area contributed by atoms with Crippen LogP contribution in [0.1, 0.15) is 12.5 Å². The van der Waals surface area contributed by atoms with Crippen molar-refractivity contribution in [1.82, 2.24) is 9.55 Å². The van der Waals surface area contributed by atoms with Crippen molar-refractivity contribution in [3.05, 3.63) is 87.0 Å². The van der Waals surface area contributed by atoms with Gasteiger partial charge >= 0.3 is 0 Å². The fourth-order valence-corrected chi connectivity index (χ4v) is 5.49. The van der Waals surface area contributed by atoms with E-state index < -0.39 is 5.25 Å². The minimum atomic E-state index is -0.453. The Morgan fingerprint density at radius 2 is 1.94 bits per heavy atom. The maximum atomic E-state index is 13.5. The van der Waals surface area contributed by atoms with E-state index in [1.165, 1.54) is 23.1 Å². The number of fused-ring (bicyclic) bond motifs is 1. The Balaban J connectivity index is 1.67. The van der Waals surface area contributed by atoms with E-state index in [1.54, 1.807) is 17.6 Å². The summed E-state index contributed by atoms with van der Waals surface area (Å²) in [6, 6.07) is 15.5. The number of rotatable bonds is 7. The normalized spacial score (nSPS) is 12.0. The number of nitrogens with one attached hydrogen (secondary N) is 1. The highest BCUT2D eigenvalue weighted by Crippen LogP contribution is 2.33. The second-order valence-electron chi connectivity index (χ2n) is 7.55. The minimum Gasteiger partial charge on any atom is -0.325 e. The Hall–Kier alpha value is -2.68. The largest absolute Gasteiger partial charge is 0.325 e. The fourth-order valence-electron chi connectivity index (χ4n) is 3.32. The molecule has 33 heavy (non-hydrogen) atoms. The topological polar surface area (TPSA) is 64.0 Å². The Bertz CT molecular complexity index is 1380. The first-order valence-corrected chi connectivity index (χ1v) is 12.9. The SMILES string of the molecule is C=CCn1c(SC(C)C(=O)Nc2ccc(Br)cc2)nc2scc(-c3ccc(C)cc3)c2c1=O. The van der Waals surface area contributed by atoms with Gasteiger partial charge in [-0.2, -0.15) is 0 Å². The first-order valence-electron chi connectivity index (χ1n) is 10.3. The molecule has 0 saturated heterocycles. The average molecular weight is 541 g/mol. The highest BCUT2D eigenvalue weighted by Gasteiger charge is 2.21. The van der Waals surface area contributed by atoms with Gasteiger partial charge in [0.05, 0.1) is 10.6 Å². The standard InChI is InChI=1S/C25H22BrN3O2S2/c1-4-13-29-24(31)21-20(17-7-5-15(2)6-8-17)14-32-23(21)28-25(29)33-16(3)22(30)27-19-11-9-18(26)10-12-19/h4-12,14,16H,1,13H2,2-3H3,(H,27,30). The number of thiophene rings is 1. The summed E-state index contributed by atoms with van der Waals surface area (Å²) in [7, 11) is 0. The zero-order chi connectivity index (χ0) is 23.5. The lowest BCUT2D eigenvalue weighted by molar-refractivity contribution is -0.115. The monoisotopic (exact) mass is 539 g/mol. The third kappa shape index (κ3) is 5.13. The van der Waals surface area contributed by atoms with Gasteiger partial charge in [-0.1, -0.05) is 63.6 Å². The van der Waals surface area contributed by atoms with Crippen LogP contribution in [-0.4, -0.2) is 20.7 Å². The van der Waals surface area contributed by atoms with Crippen LogP contribution in [0.3, 0.4) is 0 Å². The summed E-state index contributed by atoms with van der Waals surface area (Å²) in [5, 5.41) is 5.53. The predicted molar refractivity (Wildman–Crippen MR) is 142 cm³/mol. The molecule has 0 aliphatic carbocycles. The van der Waals surface area contributed by atoms with E-state index in [-0.39, 0.29) is 11.5 Å². The molecule has 0 fully saturated rings. The second-order valence-corrected chi connectivity index (χ2v) is 10.6. The van der Waals surface area contributed by atoms with Crippen LogP contribution in [0.15, 0.2) is 81.0 Å². The Kier molecular flexibility index (Phi) is 7.17. The number of benzene rings is 2. The highest BCUT2D eigenvalue weighted by atomic mass is 79.9. The van der Waals surface area contributed by atoms with E-state index in [4.69, 9.17) is 4.98 Å². The number of carbonyl (C=O) groups excluding carboxylic acids is 1. The average Bonchev–Trinajstić information content (AvgIpc) is 3.22. The van der Waals surface area contributed by atoms with Crippen LogP contribution in [0.25, 0.3) is 21.3 Å². The smallest absolute Gasteiger partial charge is 0.263 e. The van der Waals surface area contributed by atoms with Gasteiger partial charge in [-0.3, -0.25) is 14.2 Å². The minimum absolute atomic E-state index is 0.125. The van der Waals surface area contributed by atoms with E-state index in [9.17, 15) is 9.59 Å². The molecule has 4 rings (SSSR count). The summed E-state index contributed by atoms with van der Waals surface area (Å²) in [6.45, 7) is 7.95. The Morgan fingerprint density at radius 3 is 2.61 bits per heavy atom. The van der Waals surface area contributed by atoms with Crippen LogP contribution in [-0.2, 0) is 11.3 Å². The number of nitrogens with zero attached hydrogens (tertiary/aromatic N) is 2. The molecule has 1 N–H and O–H groups in total. The van der Waals surface area contributed by atoms with Crippen molar-refractivity contribution in [3.8, 4) is 11.1 Å². The predicted octanol–water partition coefficient (Wildman–Crippen LogP) is 6.50. The van der Waals surface area contributed by atoms with E-state index in [2.05, 4.69) is 27.8 Å². The number of thioether (sulfide) groups is 1. The first kappa shape index (κ1) is 23.5. The number of halogens is 1. The van der Waals surface area contributed by atoms with Crippen molar-refractivity contribution in [3.63, 3.8) is 0 Å². The molecule has 0 aliphatic heterocycles. The van der Waals surface area contributed by atoms with Crippen molar-refractivity contribution in [1.29, 1.82) is 0 Å². The molecular formula is C25H22BrN3O2S2. The number of allylic oxidation sites excluding steroid dienone is 1. The van der Waals surface area contributed by atoms with Crippen molar-refractivity contribution < 1.29 is 4.79 Å². The molecule has 1 atom stereocenters. The number of anilines is 1. The lowest BCUT2D eigenvalue weighted by Gasteiger charge is -2.15. The summed E-state index contributed by atoms with van der Waals surface area (Å²) < 4.78 is 2.53. The zero-order valence-electron chi connectivity index (χ0n) is 18.2. The third-order valence-electron chi connectivity index (χ3n) is 5.10. The lowest BCUT2D eigenvalue weighted by Crippen LogP contribution is -2.26. The number of carbonyl (C=O) groups is 1. The maximum Gasteiger partial charge on any atom is 0.263 e. The summed E-state index contributed by atoms with van der Waals surface area (Å²) in [5.41, 5.74) is 3.61. The maximum absolute atomic E-state index is 13.5. The molecule has 0 radical (unpaired) electrons. The summed E-state index contributed by atoms with van der Waals surface area (Å²) in [6.07, 6.45) is 1.67. The number of amides is 1. The van der Waals surface area contributed by atoms with Gasteiger partial charge in [0.1, 0.15) is 4.83 Å². The van der Waals surface area contributed by atoms with E-state index >= 15 is 0 Å². The van der Waals surface area contributed by atoms with Gasteiger partial charge in [0.15, 0.2) is 5.16 Å². The number of aromatic nitrogens is 2. The van der Waals surface area contributed by atoms with E-state index in [0.29, 0.717) is 27.6 Å². The van der Waals surface area contributed by atoms with Crippen molar-refractivity contribution in [2.24, 2.45) is 0 Å². The molecule has 0 bridgehead atoms. The lowest BCUT2D eigenvalue weighted by atomic mass is 10.1. The summed E-state index contributed by atoms with van der Waals surface area (Å²) in [4.78, 5) is 31.7. The van der Waals surface area contributed by atoms with Gasteiger partial charge in [-0.15, -0.1) is 17.9 Å². The van der Waals surface area contributed by atoms with Crippen molar-refractivity contribution in [2.75, 3.05) is 5.32 Å². The van der Waals surface area contributed by atoms with Crippen LogP contribution in [0.4, 0.5) is 5.69 Å². The van der Waals surface area contributed by atoms with Gasteiger partial charge < -0.3 is 5.32 Å². The quantitative estimate of drug-likeness (QED) is 0.165. The highest BCUT2D eigenvalue weighted by molar-refractivity contribution is 9.10. The van der Waals surface area contributed by atoms with Gasteiger partial charge in [-0.25, -0.2) is 4.98 Å². The molecule has 5 nitrogen and oxygen atoms in total. The van der Waals surface area contributed by atoms with Gasteiger partial charge in [0.2, 0.25) is 5.91 Å². The molecule has 1 amide bonds. The Labute approximate surface area is 208 Å². The molecule has 2 aromatic carbocycles. The molecule has 0 saturated carbocycles. The molecular weight excluding hydrogens is 518 g/mol. The third-order valence-corrected chi connectivity index (χ3v) is 7.59. The van der Waals surface area contributed by atoms with Crippen molar-refractivity contribution >= 4 is 60.8 Å². The van der Waals surface area contributed by atoms with Crippen molar-refractivity contribution in [2.45, 2.75) is 30.8 Å². The van der Waals surface area contributed by atoms with E-state index in [1.807, 2.05) is 60.8 Å². The Morgan fingerprint density at radius 1 is 1.24 bits per heavy atom. The van der Waals surface area contributed by atoms with Crippen LogP contribution < -0.4 is 10.9 Å². The van der Waals surface area contributed by atoms with Crippen LogP contribution in [0.2, 0.25) is 0 Å². The molecule has 8 heteroatoms. The molecule has 168 valence electrons. The molecule has 0 spiro atoms. The molecule has 1 unspecified atom stereocenters. The van der Waals surface area contributed by atoms with Gasteiger partial charge in [-0.05, 0) is 43.7 Å². The zero-order valence-corrected chi connectivity index (χ0v) is 21.4. The molecule has 2 heterocycles. The van der Waals surface area contributed by atoms with Crippen LogP contribution >= 0.6 is 39.0 Å². The molecule has 0 aliphatic rings. The molecule has 2 aromatic heterocycles. The molecule has 4 aromatic rings. The van der Waals surface area contributed by atoms with Gasteiger partial charge in [0, 0.05) is 27.6 Å². The van der Waals surface area contributed by atoms with E-state index in [0.717, 1.165) is 21.2 Å². The summed E-state index contributed by atoms with van der Waals surface area (Å²) in [5.74, 6) is -0.159. The number of hydrogen-bond acceptors (Lipinski definition) is 5. The van der Waals surface area contributed by atoms with Crippen LogP contribution in [0, 0.1) is 6.92 Å². The fraction of sp³-hybridized carbons (Fsp3) is 0.160. The first-order chi connectivity index (χ1) is 15.9. The summed E-state index contributed by atoms with van der Waals surface area (Å²) >= 11 is 6.09.